The number of carbonyl (C=O) groups is 1. The summed E-state index contributed by atoms with van der Waals surface area (Å²) in [5.41, 5.74) is -0.398. The molecule has 124 valence electrons. The molecular formula is C15H19N3O5. The van der Waals surface area contributed by atoms with Crippen LogP contribution in [0.25, 0.3) is 0 Å². The summed E-state index contributed by atoms with van der Waals surface area (Å²) in [5, 5.41) is 13.4. The molecule has 0 unspecified atom stereocenters. The van der Waals surface area contributed by atoms with Crippen LogP contribution in [0.5, 0.6) is 5.88 Å². The van der Waals surface area contributed by atoms with Crippen LogP contribution in [0.1, 0.15) is 32.8 Å². The Kier molecular flexibility index (Phi) is 6.33. The third kappa shape index (κ3) is 6.65. The van der Waals surface area contributed by atoms with Gasteiger partial charge in [0.25, 0.3) is 5.88 Å². The minimum Gasteiger partial charge on any atom is -0.476 e. The average molecular weight is 321 g/mol. The van der Waals surface area contributed by atoms with E-state index in [1.807, 2.05) is 0 Å². The summed E-state index contributed by atoms with van der Waals surface area (Å²) in [4.78, 5) is 25.5. The number of aromatic nitrogens is 1. The summed E-state index contributed by atoms with van der Waals surface area (Å²) < 4.78 is 9.88. The van der Waals surface area contributed by atoms with Crippen LogP contribution in [0.3, 0.4) is 0 Å². The summed E-state index contributed by atoms with van der Waals surface area (Å²) in [6.45, 7) is 5.63. The molecule has 0 saturated carbocycles. The summed E-state index contributed by atoms with van der Waals surface area (Å²) in [6, 6.07) is 1.29. The monoisotopic (exact) mass is 321 g/mol. The van der Waals surface area contributed by atoms with Crippen molar-refractivity contribution in [1.82, 2.24) is 10.3 Å². The predicted molar refractivity (Wildman–Crippen MR) is 83.2 cm³/mol. The maximum atomic E-state index is 11.4. The lowest BCUT2D eigenvalue weighted by Gasteiger charge is -2.19. The van der Waals surface area contributed by atoms with Crippen molar-refractivity contribution in [3.8, 4) is 17.7 Å². The molecule has 0 bridgehead atoms. The number of nitrogens with one attached hydrogen (secondary N) is 1. The fraction of sp³-hybridized carbons (Fsp3) is 0.467. The number of ether oxygens (including phenoxy) is 2. The maximum Gasteiger partial charge on any atom is 0.407 e. The number of methoxy groups -OCH3 is 1. The van der Waals surface area contributed by atoms with Gasteiger partial charge >= 0.3 is 11.8 Å². The molecule has 23 heavy (non-hydrogen) atoms. The van der Waals surface area contributed by atoms with Gasteiger partial charge in [-0.1, -0.05) is 11.8 Å². The number of rotatable bonds is 4. The van der Waals surface area contributed by atoms with Gasteiger partial charge in [0.15, 0.2) is 0 Å². The van der Waals surface area contributed by atoms with E-state index in [1.54, 1.807) is 20.8 Å². The number of nitro groups is 1. The van der Waals surface area contributed by atoms with Gasteiger partial charge in [-0.2, -0.15) is 0 Å². The van der Waals surface area contributed by atoms with Crippen LogP contribution >= 0.6 is 0 Å². The van der Waals surface area contributed by atoms with E-state index in [0.717, 1.165) is 0 Å². The SMILES string of the molecule is COc1ncc(C#CCCNC(=O)OC(C)(C)C)cc1[N+](=O)[O-]. The molecule has 0 aliphatic rings. The first-order valence-corrected chi connectivity index (χ1v) is 6.87. The molecule has 0 aromatic carbocycles. The summed E-state index contributed by atoms with van der Waals surface area (Å²) in [5.74, 6) is 5.49. The number of pyridine rings is 1. The molecule has 1 aromatic rings. The number of amides is 1. The Morgan fingerprint density at radius 3 is 2.74 bits per heavy atom. The third-order valence-corrected chi connectivity index (χ3v) is 2.37. The third-order valence-electron chi connectivity index (χ3n) is 2.37. The number of nitrogens with zero attached hydrogens (tertiary/aromatic N) is 2. The van der Waals surface area contributed by atoms with Crippen molar-refractivity contribution >= 4 is 11.8 Å². The van der Waals surface area contributed by atoms with Crippen molar-refractivity contribution in [3.63, 3.8) is 0 Å². The highest BCUT2D eigenvalue weighted by atomic mass is 16.6. The molecule has 1 N–H and O–H groups in total. The number of hydrogen-bond donors (Lipinski definition) is 1. The largest absolute Gasteiger partial charge is 0.476 e. The Bertz CT molecular complexity index is 641. The molecule has 1 aromatic heterocycles. The lowest BCUT2D eigenvalue weighted by atomic mass is 10.2. The Morgan fingerprint density at radius 1 is 1.48 bits per heavy atom. The van der Waals surface area contributed by atoms with Gasteiger partial charge < -0.3 is 14.8 Å². The van der Waals surface area contributed by atoms with Gasteiger partial charge in [0.2, 0.25) is 0 Å². The molecule has 1 heterocycles. The molecule has 0 aliphatic carbocycles. The van der Waals surface area contributed by atoms with Crippen molar-refractivity contribution in [1.29, 1.82) is 0 Å². The predicted octanol–water partition coefficient (Wildman–Crippen LogP) is 2.26. The number of hydrogen-bond acceptors (Lipinski definition) is 6. The summed E-state index contributed by atoms with van der Waals surface area (Å²) in [6.07, 6.45) is 1.25. The van der Waals surface area contributed by atoms with E-state index in [2.05, 4.69) is 22.1 Å². The molecule has 0 radical (unpaired) electrons. The molecular weight excluding hydrogens is 302 g/mol. The van der Waals surface area contributed by atoms with Crippen LogP contribution < -0.4 is 10.1 Å². The standard InChI is InChI=1S/C15H19N3O5/c1-15(2,3)23-14(19)16-8-6-5-7-11-9-12(18(20)21)13(22-4)17-10-11/h9-10H,6,8H2,1-4H3,(H,16,19). The summed E-state index contributed by atoms with van der Waals surface area (Å²) >= 11 is 0. The van der Waals surface area contributed by atoms with E-state index in [4.69, 9.17) is 9.47 Å². The van der Waals surface area contributed by atoms with Crippen LogP contribution in [0.2, 0.25) is 0 Å². The van der Waals surface area contributed by atoms with E-state index < -0.39 is 16.6 Å². The van der Waals surface area contributed by atoms with Gasteiger partial charge in [-0.05, 0) is 20.8 Å². The Morgan fingerprint density at radius 2 is 2.17 bits per heavy atom. The first kappa shape index (κ1) is 18.2. The van der Waals surface area contributed by atoms with Crippen LogP contribution in [0, 0.1) is 22.0 Å². The van der Waals surface area contributed by atoms with Crippen molar-refractivity contribution in [3.05, 3.63) is 27.9 Å². The van der Waals surface area contributed by atoms with Crippen LogP contribution in [-0.2, 0) is 4.74 Å². The Labute approximate surface area is 134 Å². The quantitative estimate of drug-likeness (QED) is 0.395. The zero-order valence-corrected chi connectivity index (χ0v) is 13.5. The minimum absolute atomic E-state index is 0.0628. The van der Waals surface area contributed by atoms with Gasteiger partial charge in [-0.25, -0.2) is 9.78 Å². The van der Waals surface area contributed by atoms with Gasteiger partial charge in [0, 0.05) is 30.8 Å². The highest BCUT2D eigenvalue weighted by molar-refractivity contribution is 5.67. The minimum atomic E-state index is -0.582. The van der Waals surface area contributed by atoms with E-state index in [0.29, 0.717) is 18.5 Å². The van der Waals surface area contributed by atoms with E-state index >= 15 is 0 Å². The number of carbonyl (C=O) groups excluding carboxylic acids is 1. The second kappa shape index (κ2) is 7.98. The van der Waals surface area contributed by atoms with Crippen molar-refractivity contribution in [2.45, 2.75) is 32.8 Å². The van der Waals surface area contributed by atoms with Gasteiger partial charge in [0.1, 0.15) is 5.60 Å². The maximum absolute atomic E-state index is 11.4. The molecule has 8 heteroatoms. The molecule has 0 atom stereocenters. The second-order valence-electron chi connectivity index (χ2n) is 5.49. The van der Waals surface area contributed by atoms with Crippen molar-refractivity contribution in [2.75, 3.05) is 13.7 Å². The van der Waals surface area contributed by atoms with Gasteiger partial charge in [0.05, 0.1) is 12.0 Å². The van der Waals surface area contributed by atoms with E-state index in [1.165, 1.54) is 19.4 Å². The molecule has 0 fully saturated rings. The van der Waals surface area contributed by atoms with Crippen molar-refractivity contribution < 1.29 is 19.2 Å². The van der Waals surface area contributed by atoms with Crippen LogP contribution in [0.4, 0.5) is 10.5 Å². The molecule has 0 saturated heterocycles. The highest BCUT2D eigenvalue weighted by Crippen LogP contribution is 2.23. The smallest absolute Gasteiger partial charge is 0.407 e. The van der Waals surface area contributed by atoms with Crippen LogP contribution in [-0.4, -0.2) is 35.3 Å². The zero-order valence-electron chi connectivity index (χ0n) is 13.5. The first-order valence-electron chi connectivity index (χ1n) is 6.87. The molecule has 0 spiro atoms. The summed E-state index contributed by atoms with van der Waals surface area (Å²) in [7, 11) is 1.31. The Hall–Kier alpha value is -2.82. The number of alkyl carbamates (subject to hydrolysis) is 1. The lowest BCUT2D eigenvalue weighted by Crippen LogP contribution is -2.32. The fourth-order valence-corrected chi connectivity index (χ4v) is 1.50. The molecule has 1 amide bonds. The highest BCUT2D eigenvalue weighted by Gasteiger charge is 2.16. The van der Waals surface area contributed by atoms with Crippen molar-refractivity contribution in [2.24, 2.45) is 0 Å². The van der Waals surface area contributed by atoms with Crippen LogP contribution in [0.15, 0.2) is 12.3 Å². The fourth-order valence-electron chi connectivity index (χ4n) is 1.50. The van der Waals surface area contributed by atoms with Gasteiger partial charge in [-0.3, -0.25) is 10.1 Å². The van der Waals surface area contributed by atoms with E-state index in [9.17, 15) is 14.9 Å². The molecule has 1 rings (SSSR count). The normalized spacial score (nSPS) is 10.3. The van der Waals surface area contributed by atoms with Gasteiger partial charge in [-0.15, -0.1) is 0 Å². The Balaban J connectivity index is 2.56. The molecule has 0 aliphatic heterocycles. The second-order valence-corrected chi connectivity index (χ2v) is 5.49. The zero-order chi connectivity index (χ0) is 17.5. The van der Waals surface area contributed by atoms with E-state index in [-0.39, 0.29) is 11.6 Å². The topological polar surface area (TPSA) is 104 Å². The first-order chi connectivity index (χ1) is 10.7. The lowest BCUT2D eigenvalue weighted by molar-refractivity contribution is -0.386. The average Bonchev–Trinajstić information content (AvgIpc) is 2.44. The molecule has 8 nitrogen and oxygen atoms in total.